The summed E-state index contributed by atoms with van der Waals surface area (Å²) in [6.45, 7) is 6.44. The van der Waals surface area contributed by atoms with Crippen LogP contribution in [-0.2, 0) is 0 Å². The van der Waals surface area contributed by atoms with Crippen molar-refractivity contribution < 1.29 is 13.9 Å². The van der Waals surface area contributed by atoms with Crippen molar-refractivity contribution in [1.29, 1.82) is 0 Å². The molecule has 3 rings (SSSR count). The summed E-state index contributed by atoms with van der Waals surface area (Å²) in [4.78, 5) is 16.7. The van der Waals surface area contributed by atoms with Gasteiger partial charge in [-0.25, -0.2) is 0 Å². The first kappa shape index (κ1) is 18.5. The number of halogens is 2. The largest absolute Gasteiger partial charge is 0.490 e. The van der Waals surface area contributed by atoms with Crippen molar-refractivity contribution in [3.05, 3.63) is 52.0 Å². The van der Waals surface area contributed by atoms with E-state index in [1.807, 2.05) is 26.8 Å². The summed E-state index contributed by atoms with van der Waals surface area (Å²) in [7, 11) is 0. The van der Waals surface area contributed by atoms with E-state index < -0.39 is 0 Å². The highest BCUT2D eigenvalue weighted by Crippen LogP contribution is 2.35. The van der Waals surface area contributed by atoms with E-state index in [1.54, 1.807) is 12.1 Å². The van der Waals surface area contributed by atoms with Crippen LogP contribution in [0.1, 0.15) is 42.8 Å². The van der Waals surface area contributed by atoms with Crippen LogP contribution in [0, 0.1) is 0 Å². The highest BCUT2D eigenvalue weighted by molar-refractivity contribution is 6.39. The van der Waals surface area contributed by atoms with Crippen LogP contribution in [0.25, 0.3) is 11.0 Å². The highest BCUT2D eigenvalue weighted by Gasteiger charge is 2.20. The van der Waals surface area contributed by atoms with Gasteiger partial charge in [-0.2, -0.15) is 0 Å². The van der Waals surface area contributed by atoms with Gasteiger partial charge in [0.15, 0.2) is 11.3 Å². The van der Waals surface area contributed by atoms with Gasteiger partial charge >= 0.3 is 0 Å². The van der Waals surface area contributed by atoms with Crippen molar-refractivity contribution in [2.75, 3.05) is 11.9 Å². The molecule has 2 aromatic heterocycles. The van der Waals surface area contributed by atoms with Gasteiger partial charge < -0.3 is 14.5 Å². The zero-order valence-electron chi connectivity index (χ0n) is 14.6. The van der Waals surface area contributed by atoms with Gasteiger partial charge in [0.05, 0.1) is 27.9 Å². The van der Waals surface area contributed by atoms with Crippen molar-refractivity contribution in [1.82, 2.24) is 4.98 Å². The molecule has 7 heteroatoms. The first-order valence-corrected chi connectivity index (χ1v) is 8.97. The molecule has 0 bridgehead atoms. The van der Waals surface area contributed by atoms with Crippen LogP contribution in [0.15, 0.2) is 35.0 Å². The quantitative estimate of drug-likeness (QED) is 0.585. The number of fused-ring (bicyclic) bond motifs is 1. The van der Waals surface area contributed by atoms with E-state index in [1.165, 1.54) is 12.4 Å². The molecule has 0 atom stereocenters. The smallest absolute Gasteiger partial charge is 0.256 e. The minimum absolute atomic E-state index is 0.178. The number of carbonyl (C=O) groups excluding carboxylic acids is 1. The van der Waals surface area contributed by atoms with Crippen molar-refractivity contribution >= 4 is 45.8 Å². The van der Waals surface area contributed by atoms with Crippen LogP contribution in [0.3, 0.4) is 0 Å². The van der Waals surface area contributed by atoms with Gasteiger partial charge in [0.2, 0.25) is 0 Å². The fourth-order valence-corrected chi connectivity index (χ4v) is 3.04. The molecule has 0 radical (unpaired) electrons. The van der Waals surface area contributed by atoms with Gasteiger partial charge in [0, 0.05) is 23.7 Å². The number of aromatic nitrogens is 1. The van der Waals surface area contributed by atoms with E-state index in [0.29, 0.717) is 34.6 Å². The summed E-state index contributed by atoms with van der Waals surface area (Å²) in [5.41, 5.74) is 1.32. The van der Waals surface area contributed by atoms with Crippen LogP contribution in [0.4, 0.5) is 5.69 Å². The first-order valence-electron chi connectivity index (χ1n) is 8.22. The van der Waals surface area contributed by atoms with E-state index in [-0.39, 0.29) is 21.9 Å². The van der Waals surface area contributed by atoms with Crippen LogP contribution in [0.5, 0.6) is 5.75 Å². The fourth-order valence-electron chi connectivity index (χ4n) is 2.58. The van der Waals surface area contributed by atoms with Gasteiger partial charge in [-0.1, -0.05) is 37.0 Å². The Labute approximate surface area is 161 Å². The summed E-state index contributed by atoms with van der Waals surface area (Å²) in [5, 5.41) is 3.96. The Hall–Kier alpha value is -2.24. The number of carbonyl (C=O) groups is 1. The molecule has 0 saturated carbocycles. The first-order chi connectivity index (χ1) is 12.4. The summed E-state index contributed by atoms with van der Waals surface area (Å²) in [5.74, 6) is 1.22. The molecular formula is C19H18Cl2N2O3. The lowest BCUT2D eigenvalue weighted by atomic mass is 10.1. The second-order valence-corrected chi connectivity index (χ2v) is 6.84. The molecule has 26 heavy (non-hydrogen) atoms. The maximum Gasteiger partial charge on any atom is 0.256 e. The molecular weight excluding hydrogens is 375 g/mol. The Morgan fingerprint density at radius 3 is 2.58 bits per heavy atom. The Kier molecular flexibility index (Phi) is 5.39. The number of furan rings is 1. The molecule has 0 aliphatic heterocycles. The summed E-state index contributed by atoms with van der Waals surface area (Å²) < 4.78 is 11.6. The number of rotatable bonds is 5. The number of nitrogens with zero attached hydrogens (tertiary/aromatic N) is 1. The normalized spacial score (nSPS) is 11.2. The molecule has 0 aliphatic carbocycles. The second-order valence-electron chi connectivity index (χ2n) is 6.02. The third-order valence-corrected chi connectivity index (χ3v) is 4.45. The number of nitrogens with one attached hydrogen (secondary N) is 1. The van der Waals surface area contributed by atoms with E-state index in [4.69, 9.17) is 32.4 Å². The number of amides is 1. The zero-order chi connectivity index (χ0) is 18.8. The maximum absolute atomic E-state index is 12.8. The van der Waals surface area contributed by atoms with E-state index in [9.17, 15) is 4.79 Å². The molecule has 3 aromatic rings. The highest BCUT2D eigenvalue weighted by atomic mass is 35.5. The molecule has 1 amide bonds. The second kappa shape index (κ2) is 7.56. The monoisotopic (exact) mass is 392 g/mol. The predicted molar refractivity (Wildman–Crippen MR) is 104 cm³/mol. The minimum Gasteiger partial charge on any atom is -0.490 e. The molecule has 1 N–H and O–H groups in total. The topological polar surface area (TPSA) is 64.4 Å². The van der Waals surface area contributed by atoms with Crippen LogP contribution < -0.4 is 10.1 Å². The molecule has 0 spiro atoms. The molecule has 0 unspecified atom stereocenters. The van der Waals surface area contributed by atoms with Gasteiger partial charge in [0.1, 0.15) is 5.76 Å². The molecule has 0 aliphatic rings. The number of hydrogen-bond acceptors (Lipinski definition) is 4. The molecule has 5 nitrogen and oxygen atoms in total. The Bertz CT molecular complexity index is 947. The SMILES string of the molecule is CCOc1ccc(C(=O)Nc2c(Cl)cncc2Cl)c2cc(C(C)C)oc12. The maximum atomic E-state index is 12.8. The van der Waals surface area contributed by atoms with E-state index in [0.717, 1.165) is 5.76 Å². The van der Waals surface area contributed by atoms with E-state index in [2.05, 4.69) is 10.3 Å². The average Bonchev–Trinajstić information content (AvgIpc) is 3.04. The summed E-state index contributed by atoms with van der Waals surface area (Å²) >= 11 is 12.2. The van der Waals surface area contributed by atoms with Crippen molar-refractivity contribution in [3.8, 4) is 5.75 Å². The lowest BCUT2D eigenvalue weighted by Gasteiger charge is -2.10. The molecule has 136 valence electrons. The van der Waals surface area contributed by atoms with Gasteiger partial charge in [-0.15, -0.1) is 0 Å². The minimum atomic E-state index is -0.343. The van der Waals surface area contributed by atoms with Gasteiger partial charge in [-0.3, -0.25) is 9.78 Å². The summed E-state index contributed by atoms with van der Waals surface area (Å²) in [6.07, 6.45) is 2.84. The lowest BCUT2D eigenvalue weighted by Crippen LogP contribution is -2.13. The predicted octanol–water partition coefficient (Wildman–Crippen LogP) is 5.91. The Balaban J connectivity index is 2.06. The van der Waals surface area contributed by atoms with Gasteiger partial charge in [-0.05, 0) is 25.1 Å². The van der Waals surface area contributed by atoms with Crippen molar-refractivity contribution in [3.63, 3.8) is 0 Å². The molecule has 2 heterocycles. The van der Waals surface area contributed by atoms with Crippen LogP contribution in [-0.4, -0.2) is 17.5 Å². The molecule has 0 saturated heterocycles. The molecule has 1 aromatic carbocycles. The van der Waals surface area contributed by atoms with Crippen LogP contribution in [0.2, 0.25) is 10.0 Å². The standard InChI is InChI=1S/C19H18Cl2N2O3/c1-4-25-15-6-5-11(12-7-16(10(2)3)26-18(12)15)19(24)23-17-13(20)8-22-9-14(17)21/h5-10H,4H2,1-3H3,(H,22,23,24). The van der Waals surface area contributed by atoms with Crippen LogP contribution >= 0.6 is 23.2 Å². The number of pyridine rings is 1. The number of anilines is 1. The fraction of sp³-hybridized carbons (Fsp3) is 0.263. The third-order valence-electron chi connectivity index (χ3n) is 3.87. The number of hydrogen-bond donors (Lipinski definition) is 1. The zero-order valence-corrected chi connectivity index (χ0v) is 16.1. The third kappa shape index (κ3) is 3.50. The number of benzene rings is 1. The lowest BCUT2D eigenvalue weighted by molar-refractivity contribution is 0.102. The molecule has 0 fully saturated rings. The summed E-state index contributed by atoms with van der Waals surface area (Å²) in [6, 6.07) is 5.29. The van der Waals surface area contributed by atoms with E-state index >= 15 is 0 Å². The Morgan fingerprint density at radius 1 is 1.27 bits per heavy atom. The van der Waals surface area contributed by atoms with Crippen molar-refractivity contribution in [2.45, 2.75) is 26.7 Å². The van der Waals surface area contributed by atoms with Crippen molar-refractivity contribution in [2.24, 2.45) is 0 Å². The average molecular weight is 393 g/mol. The number of ether oxygens (including phenoxy) is 1. The van der Waals surface area contributed by atoms with Gasteiger partial charge in [0.25, 0.3) is 5.91 Å². The Morgan fingerprint density at radius 2 is 1.96 bits per heavy atom.